The van der Waals surface area contributed by atoms with Crippen molar-refractivity contribution in [2.75, 3.05) is 13.7 Å². The van der Waals surface area contributed by atoms with E-state index in [0.29, 0.717) is 19.4 Å². The summed E-state index contributed by atoms with van der Waals surface area (Å²) in [7, 11) is 1.36. The van der Waals surface area contributed by atoms with Gasteiger partial charge in [0.25, 0.3) is 0 Å². The second kappa shape index (κ2) is 10.4. The summed E-state index contributed by atoms with van der Waals surface area (Å²) in [6.45, 7) is 2.46. The van der Waals surface area contributed by atoms with Crippen molar-refractivity contribution >= 4 is 17.7 Å². The molecule has 1 aromatic heterocycles. The van der Waals surface area contributed by atoms with Crippen LogP contribution in [0.3, 0.4) is 0 Å². The minimum Gasteiger partial charge on any atom is -1.00 e. The van der Waals surface area contributed by atoms with Crippen molar-refractivity contribution in [3.8, 4) is 0 Å². The van der Waals surface area contributed by atoms with Crippen molar-refractivity contribution in [3.63, 3.8) is 0 Å². The standard InChI is InChI=1S/C16H22N2O5.K.19H/c1-3-23-16(21)9-14(19)11-4-5-12-10-18(17-13(12)8-11)7-6-15(20)22-2;;;;;;;;;;;;;;;;;;;;/h10-11H,3-9H2,1-2H3;;;;;;;;;;;;;;;;;;;;/q;+1;19*-1/i;;19*1+2. The predicted molar refractivity (Wildman–Crippen MR) is 102 cm³/mol. The van der Waals surface area contributed by atoms with Crippen molar-refractivity contribution in [2.45, 2.75) is 45.6 Å². The maximum atomic E-state index is 12.2. The quantitative estimate of drug-likeness (QED) is 0.357. The average Bonchev–Trinajstić information content (AvgIpc) is 2.94. The number of ketones is 1. The Kier molecular flexibility index (Phi) is 9.36. The number of methoxy groups -OCH3 is 1. The second-order valence-corrected chi connectivity index (χ2v) is 5.58. The molecule has 0 saturated heterocycles. The molecule has 0 saturated carbocycles. The summed E-state index contributed by atoms with van der Waals surface area (Å²) in [5.74, 6) is -1.01. The Bertz CT molecular complexity index is 642. The largest absolute Gasteiger partial charge is 1.00 e. The minimum absolute atomic E-state index is 0. The molecular weight excluding hydrogens is 339 g/mol. The number of Topliss-reactive ketones (excluding diaryl/α,β-unsaturated/α-hetero) is 1. The molecule has 24 heavy (non-hydrogen) atoms. The van der Waals surface area contributed by atoms with E-state index < -0.39 is 5.97 Å². The van der Waals surface area contributed by atoms with Crippen LogP contribution in [-0.2, 0) is 43.2 Å². The van der Waals surface area contributed by atoms with Gasteiger partial charge in [0.2, 0.25) is 0 Å². The minimum atomic E-state index is -0.466. The molecule has 1 aromatic rings. The first-order chi connectivity index (χ1) is 11.0. The summed E-state index contributed by atoms with van der Waals surface area (Å²) in [6, 6.07) is 0. The fourth-order valence-corrected chi connectivity index (χ4v) is 2.74. The summed E-state index contributed by atoms with van der Waals surface area (Å²) in [5, 5.41) is 4.45. The zero-order chi connectivity index (χ0) is 16.8. The molecule has 1 aliphatic carbocycles. The van der Waals surface area contributed by atoms with Crippen molar-refractivity contribution in [1.82, 2.24) is 9.78 Å². The topological polar surface area (TPSA) is 87.5 Å². The normalized spacial score (nSPS) is 15.8. The second-order valence-electron chi connectivity index (χ2n) is 5.58. The van der Waals surface area contributed by atoms with Crippen LogP contribution in [0.25, 0.3) is 0 Å². The van der Waals surface area contributed by atoms with Gasteiger partial charge in [-0.15, -0.1) is 0 Å². The van der Waals surface area contributed by atoms with Crippen LogP contribution in [0.5, 0.6) is 0 Å². The van der Waals surface area contributed by atoms with Crippen LogP contribution in [0.1, 0.15) is 64.5 Å². The maximum absolute atomic E-state index is 12.2. The van der Waals surface area contributed by atoms with Crippen LogP contribution in [0.4, 0.5) is 0 Å². The molecule has 1 aliphatic rings. The van der Waals surface area contributed by atoms with E-state index in [2.05, 4.69) is 9.84 Å². The van der Waals surface area contributed by atoms with Crippen molar-refractivity contribution < 1.29 is 102 Å². The Labute approximate surface area is 212 Å². The van der Waals surface area contributed by atoms with E-state index in [-0.39, 0.29) is 116 Å². The van der Waals surface area contributed by atoms with Gasteiger partial charge in [0.15, 0.2) is 0 Å². The van der Waals surface area contributed by atoms with E-state index >= 15 is 0 Å². The van der Waals surface area contributed by atoms with Crippen LogP contribution in [0.15, 0.2) is 6.20 Å². The van der Waals surface area contributed by atoms with E-state index in [9.17, 15) is 14.4 Å². The van der Waals surface area contributed by atoms with Crippen LogP contribution in [-0.4, -0.2) is 41.2 Å². The smallest absolute Gasteiger partial charge is 1.00 e. The number of nitrogens with zero attached hydrogens (tertiary/aromatic N) is 2. The number of hydrogen-bond acceptors (Lipinski definition) is 6. The first-order valence-electron chi connectivity index (χ1n) is 7.83. The van der Waals surface area contributed by atoms with Crippen LogP contribution in [0, 0.1) is 5.92 Å². The number of carbonyl (C=O) groups is 3. The van der Waals surface area contributed by atoms with Crippen LogP contribution in [0.2, 0.25) is 0 Å². The van der Waals surface area contributed by atoms with Crippen molar-refractivity contribution in [3.05, 3.63) is 17.5 Å². The number of aromatic nitrogens is 2. The van der Waals surface area contributed by atoms with Gasteiger partial charge in [-0.25, -0.2) is 0 Å². The van der Waals surface area contributed by atoms with Crippen LogP contribution >= 0.6 is 0 Å². The summed E-state index contributed by atoms with van der Waals surface area (Å²) in [5.41, 5.74) is 1.98. The van der Waals surface area contributed by atoms with E-state index in [0.717, 1.165) is 17.7 Å². The maximum Gasteiger partial charge on any atom is 1.00 e. The number of esters is 2. The van der Waals surface area contributed by atoms with E-state index in [1.54, 1.807) is 11.6 Å². The molecule has 0 aromatic carbocycles. The zero-order valence-corrected chi connectivity index (χ0v) is 17.7. The molecule has 0 bridgehead atoms. The molecule has 1 heterocycles. The summed E-state index contributed by atoms with van der Waals surface area (Å²) >= 11 is 0. The molecule has 0 fully saturated rings. The summed E-state index contributed by atoms with van der Waals surface area (Å²) < 4.78 is 11.2. The Morgan fingerprint density at radius 1 is 1.38 bits per heavy atom. The van der Waals surface area contributed by atoms with Gasteiger partial charge in [-0.3, -0.25) is 19.1 Å². The number of carbonyl (C=O) groups excluding carboxylic acids is 3. The number of aryl methyl sites for hydroxylation is 2. The SMILES string of the molecule is CCOC(=O)CC(=O)C1CCc2cn(CCC(=O)OC)nc2C1.[3H-].[3H-].[3H-].[3H-].[3H-].[3H-].[3H-].[3H-].[3H-].[3H-].[3H-].[3H-].[3H-].[3H-].[3H-].[3H-].[3H-].[3H-].[3H-].[K+]. The number of hydrogen-bond donors (Lipinski definition) is 0. The molecule has 2 rings (SSSR count). The van der Waals surface area contributed by atoms with Crippen LogP contribution < -0.4 is 51.4 Å². The molecule has 164 valence electrons. The Balaban J connectivity index is -0.0000000169. The van der Waals surface area contributed by atoms with Gasteiger partial charge in [0.05, 0.1) is 32.4 Å². The first kappa shape index (κ1) is 21.5. The van der Waals surface area contributed by atoms with E-state index in [1.165, 1.54) is 7.11 Å². The molecule has 0 aliphatic heterocycles. The van der Waals surface area contributed by atoms with Gasteiger partial charge < -0.3 is 36.6 Å². The molecule has 1 atom stereocenters. The molecule has 8 heteroatoms. The van der Waals surface area contributed by atoms with Gasteiger partial charge >= 0.3 is 63.3 Å². The van der Waals surface area contributed by atoms with Gasteiger partial charge in [-0.1, -0.05) is 0 Å². The van der Waals surface area contributed by atoms with Gasteiger partial charge in [-0.2, -0.15) is 5.10 Å². The van der Waals surface area contributed by atoms with Gasteiger partial charge in [-0.05, 0) is 25.3 Å². The molecule has 7 nitrogen and oxygen atoms in total. The first-order valence-corrected chi connectivity index (χ1v) is 7.83. The number of ether oxygens (including phenoxy) is 2. The monoisotopic (exact) mass is 418 g/mol. The zero-order valence-electron chi connectivity index (χ0n) is 33.5. The molecule has 0 spiro atoms. The number of rotatable bonds is 7. The van der Waals surface area contributed by atoms with E-state index in [4.69, 9.17) is 4.74 Å². The summed E-state index contributed by atoms with van der Waals surface area (Å²) in [6.07, 6.45) is 4.03. The molecule has 0 radical (unpaired) electrons. The van der Waals surface area contributed by atoms with Gasteiger partial charge in [0, 0.05) is 18.5 Å². The fourth-order valence-electron chi connectivity index (χ4n) is 2.74. The molecule has 1 unspecified atom stereocenters. The van der Waals surface area contributed by atoms with Crippen molar-refractivity contribution in [2.24, 2.45) is 5.92 Å². The predicted octanol–water partition coefficient (Wildman–Crippen LogP) is 0.215. The third-order valence-corrected chi connectivity index (χ3v) is 3.98. The van der Waals surface area contributed by atoms with E-state index in [1.807, 2.05) is 6.20 Å². The molecule has 0 amide bonds. The molecular formula is C16H41KN2O5-18. The average molecular weight is 419 g/mol. The summed E-state index contributed by atoms with van der Waals surface area (Å²) in [4.78, 5) is 34.7. The Hall–Kier alpha value is -0.544. The number of fused-ring (bicyclic) bond motifs is 1. The third kappa shape index (κ3) is 6.07. The third-order valence-electron chi connectivity index (χ3n) is 3.98. The molecule has 0 N–H and O–H groups in total. The van der Waals surface area contributed by atoms with Crippen molar-refractivity contribution in [1.29, 1.82) is 0 Å². The van der Waals surface area contributed by atoms with Gasteiger partial charge in [0.1, 0.15) is 12.2 Å². The Morgan fingerprint density at radius 3 is 2.79 bits per heavy atom. The fraction of sp³-hybridized carbons (Fsp3) is 0.625. The Morgan fingerprint density at radius 2 is 2.12 bits per heavy atom.